The van der Waals surface area contributed by atoms with E-state index in [1.807, 2.05) is 36.4 Å². The molecular weight excluding hydrogens is 298 g/mol. The molecule has 118 valence electrons. The lowest BCUT2D eigenvalue weighted by molar-refractivity contribution is 0.0781. The third-order valence-electron chi connectivity index (χ3n) is 3.36. The van der Waals surface area contributed by atoms with E-state index in [1.54, 1.807) is 26.2 Å². The molecule has 5 heteroatoms. The molecule has 1 aromatic carbocycles. The maximum atomic E-state index is 12.6. The Bertz CT molecular complexity index is 610. The van der Waals surface area contributed by atoms with Crippen LogP contribution in [0.4, 0.5) is 0 Å². The van der Waals surface area contributed by atoms with Crippen LogP contribution in [0.5, 0.6) is 5.75 Å². The molecule has 1 aromatic heterocycles. The number of benzene rings is 1. The summed E-state index contributed by atoms with van der Waals surface area (Å²) < 4.78 is 10.4. The molecule has 22 heavy (non-hydrogen) atoms. The van der Waals surface area contributed by atoms with Crippen LogP contribution < -0.4 is 4.74 Å². The molecule has 0 aliphatic rings. The van der Waals surface area contributed by atoms with Crippen molar-refractivity contribution in [3.8, 4) is 16.2 Å². The Morgan fingerprint density at radius 2 is 1.95 bits per heavy atom. The van der Waals surface area contributed by atoms with Crippen molar-refractivity contribution in [2.75, 3.05) is 34.4 Å². The van der Waals surface area contributed by atoms with Gasteiger partial charge in [0.25, 0.3) is 5.91 Å². The van der Waals surface area contributed by atoms with Crippen molar-refractivity contribution in [1.82, 2.24) is 4.90 Å². The van der Waals surface area contributed by atoms with Gasteiger partial charge in [-0.1, -0.05) is 30.3 Å². The SMILES string of the molecule is COCCCN(C)C(=O)c1sc(-c2ccccc2)cc1OC. The molecule has 1 heterocycles. The standard InChI is InChI=1S/C17H21NO3S/c1-18(10-7-11-20-2)17(19)16-14(21-3)12-15(22-16)13-8-5-4-6-9-13/h4-6,8-9,12H,7,10-11H2,1-3H3. The summed E-state index contributed by atoms with van der Waals surface area (Å²) in [5.41, 5.74) is 1.09. The Kier molecular flexibility index (Phi) is 5.98. The molecular formula is C17H21NO3S. The summed E-state index contributed by atoms with van der Waals surface area (Å²) in [6, 6.07) is 11.9. The van der Waals surface area contributed by atoms with E-state index in [0.29, 0.717) is 23.8 Å². The van der Waals surface area contributed by atoms with Gasteiger partial charge in [-0.25, -0.2) is 0 Å². The molecule has 0 saturated heterocycles. The van der Waals surface area contributed by atoms with Crippen molar-refractivity contribution in [3.63, 3.8) is 0 Å². The molecule has 0 saturated carbocycles. The second kappa shape index (κ2) is 7.96. The van der Waals surface area contributed by atoms with Gasteiger partial charge in [0.1, 0.15) is 10.6 Å². The van der Waals surface area contributed by atoms with Gasteiger partial charge in [0.15, 0.2) is 0 Å². The quantitative estimate of drug-likeness (QED) is 0.733. The lowest BCUT2D eigenvalue weighted by Gasteiger charge is -2.16. The molecule has 1 amide bonds. The highest BCUT2D eigenvalue weighted by atomic mass is 32.1. The molecule has 0 unspecified atom stereocenters. The molecule has 0 bridgehead atoms. The van der Waals surface area contributed by atoms with Gasteiger partial charge in [-0.05, 0) is 18.1 Å². The lowest BCUT2D eigenvalue weighted by Crippen LogP contribution is -2.28. The summed E-state index contributed by atoms with van der Waals surface area (Å²) in [7, 11) is 5.06. The molecule has 0 N–H and O–H groups in total. The van der Waals surface area contributed by atoms with Crippen LogP contribution in [-0.4, -0.2) is 45.2 Å². The van der Waals surface area contributed by atoms with Crippen LogP contribution in [0.1, 0.15) is 16.1 Å². The molecule has 2 rings (SSSR count). The summed E-state index contributed by atoms with van der Waals surface area (Å²) in [6.45, 7) is 1.31. The average molecular weight is 319 g/mol. The number of thiophene rings is 1. The molecule has 0 atom stereocenters. The average Bonchev–Trinajstić information content (AvgIpc) is 2.99. The Morgan fingerprint density at radius 3 is 2.59 bits per heavy atom. The first-order chi connectivity index (χ1) is 10.7. The van der Waals surface area contributed by atoms with Crippen LogP contribution in [0.15, 0.2) is 36.4 Å². The fraction of sp³-hybridized carbons (Fsp3) is 0.353. The fourth-order valence-corrected chi connectivity index (χ4v) is 3.27. The number of methoxy groups -OCH3 is 2. The van der Waals surface area contributed by atoms with Gasteiger partial charge < -0.3 is 14.4 Å². The summed E-state index contributed by atoms with van der Waals surface area (Å²) >= 11 is 1.47. The minimum absolute atomic E-state index is 0.0138. The van der Waals surface area contributed by atoms with Crippen molar-refractivity contribution >= 4 is 17.2 Å². The monoisotopic (exact) mass is 319 g/mol. The van der Waals surface area contributed by atoms with E-state index in [2.05, 4.69) is 0 Å². The lowest BCUT2D eigenvalue weighted by atomic mass is 10.2. The summed E-state index contributed by atoms with van der Waals surface area (Å²) in [5, 5.41) is 0. The summed E-state index contributed by atoms with van der Waals surface area (Å²) in [5.74, 6) is 0.618. The Balaban J connectivity index is 2.19. The number of nitrogens with zero attached hydrogens (tertiary/aromatic N) is 1. The molecule has 0 spiro atoms. The predicted octanol–water partition coefficient (Wildman–Crippen LogP) is 3.53. The third-order valence-corrected chi connectivity index (χ3v) is 4.51. The van der Waals surface area contributed by atoms with E-state index in [-0.39, 0.29) is 5.91 Å². The summed E-state index contributed by atoms with van der Waals surface area (Å²) in [6.07, 6.45) is 0.817. The van der Waals surface area contributed by atoms with Gasteiger partial charge in [0, 0.05) is 32.2 Å². The highest BCUT2D eigenvalue weighted by molar-refractivity contribution is 7.17. The maximum Gasteiger partial charge on any atom is 0.267 e. The zero-order valence-corrected chi connectivity index (χ0v) is 14.0. The number of ether oxygens (including phenoxy) is 2. The first-order valence-corrected chi connectivity index (χ1v) is 7.96. The zero-order valence-electron chi connectivity index (χ0n) is 13.2. The van der Waals surface area contributed by atoms with E-state index < -0.39 is 0 Å². The van der Waals surface area contributed by atoms with Crippen molar-refractivity contribution in [2.24, 2.45) is 0 Å². The van der Waals surface area contributed by atoms with Crippen molar-refractivity contribution in [3.05, 3.63) is 41.3 Å². The Morgan fingerprint density at radius 1 is 1.23 bits per heavy atom. The zero-order chi connectivity index (χ0) is 15.9. The topological polar surface area (TPSA) is 38.8 Å². The molecule has 0 fully saturated rings. The smallest absolute Gasteiger partial charge is 0.267 e. The predicted molar refractivity (Wildman–Crippen MR) is 89.8 cm³/mol. The molecule has 2 aromatic rings. The van der Waals surface area contributed by atoms with E-state index in [1.165, 1.54) is 11.3 Å². The van der Waals surface area contributed by atoms with Crippen LogP contribution in [0.3, 0.4) is 0 Å². The van der Waals surface area contributed by atoms with Crippen LogP contribution in [0.2, 0.25) is 0 Å². The second-order valence-electron chi connectivity index (χ2n) is 4.95. The maximum absolute atomic E-state index is 12.6. The molecule has 0 aliphatic heterocycles. The summed E-state index contributed by atoms with van der Waals surface area (Å²) in [4.78, 5) is 16.0. The van der Waals surface area contributed by atoms with Gasteiger partial charge >= 0.3 is 0 Å². The minimum Gasteiger partial charge on any atom is -0.495 e. The van der Waals surface area contributed by atoms with Gasteiger partial charge in [-0.3, -0.25) is 4.79 Å². The first-order valence-electron chi connectivity index (χ1n) is 7.15. The van der Waals surface area contributed by atoms with E-state index in [4.69, 9.17) is 9.47 Å². The minimum atomic E-state index is -0.0138. The van der Waals surface area contributed by atoms with E-state index in [9.17, 15) is 4.79 Å². The number of hydrogen-bond acceptors (Lipinski definition) is 4. The largest absolute Gasteiger partial charge is 0.495 e. The number of rotatable bonds is 7. The van der Waals surface area contributed by atoms with Crippen LogP contribution in [0.25, 0.3) is 10.4 Å². The highest BCUT2D eigenvalue weighted by Gasteiger charge is 2.20. The normalized spacial score (nSPS) is 10.5. The highest BCUT2D eigenvalue weighted by Crippen LogP contribution is 2.36. The van der Waals surface area contributed by atoms with Gasteiger partial charge in [0.05, 0.1) is 7.11 Å². The van der Waals surface area contributed by atoms with Gasteiger partial charge in [-0.2, -0.15) is 0 Å². The van der Waals surface area contributed by atoms with Crippen molar-refractivity contribution in [1.29, 1.82) is 0 Å². The fourth-order valence-electron chi connectivity index (χ4n) is 2.14. The molecule has 4 nitrogen and oxygen atoms in total. The third kappa shape index (κ3) is 3.87. The Labute approximate surface area is 135 Å². The number of carbonyl (C=O) groups is 1. The van der Waals surface area contributed by atoms with E-state index >= 15 is 0 Å². The number of amides is 1. The number of hydrogen-bond donors (Lipinski definition) is 0. The second-order valence-corrected chi connectivity index (χ2v) is 6.00. The van der Waals surface area contributed by atoms with Crippen molar-refractivity contribution < 1.29 is 14.3 Å². The number of carbonyl (C=O) groups excluding carboxylic acids is 1. The van der Waals surface area contributed by atoms with Gasteiger partial charge in [-0.15, -0.1) is 11.3 Å². The Hall–Kier alpha value is -1.85. The van der Waals surface area contributed by atoms with E-state index in [0.717, 1.165) is 16.9 Å². The van der Waals surface area contributed by atoms with Gasteiger partial charge in [0.2, 0.25) is 0 Å². The van der Waals surface area contributed by atoms with Crippen LogP contribution in [0, 0.1) is 0 Å². The molecule has 0 radical (unpaired) electrons. The first kappa shape index (κ1) is 16.5. The van der Waals surface area contributed by atoms with Crippen molar-refractivity contribution in [2.45, 2.75) is 6.42 Å². The molecule has 0 aliphatic carbocycles. The van der Waals surface area contributed by atoms with Crippen LogP contribution >= 0.6 is 11.3 Å². The van der Waals surface area contributed by atoms with Crippen LogP contribution in [-0.2, 0) is 4.74 Å².